The van der Waals surface area contributed by atoms with Crippen molar-refractivity contribution in [1.82, 2.24) is 0 Å². The monoisotopic (exact) mass is 190 g/mol. The molecule has 0 bridgehead atoms. The molecule has 0 heterocycles. The van der Waals surface area contributed by atoms with Gasteiger partial charge in [-0.2, -0.15) is 0 Å². The second-order valence-electron chi connectivity index (χ2n) is 0.908. The average molecular weight is 191 g/mol. The Balaban J connectivity index is -0.00000000750. The first-order chi connectivity index (χ1) is 1.73. The molecule has 0 aliphatic rings. The van der Waals surface area contributed by atoms with E-state index >= 15 is 0 Å². The molecule has 0 N–H and O–H groups in total. The van der Waals surface area contributed by atoms with E-state index in [2.05, 4.69) is 0 Å². The molecule has 0 unspecified atom stereocenters. The number of ketones is 1. The van der Waals surface area contributed by atoms with Gasteiger partial charge in [-0.1, -0.05) is 0 Å². The van der Waals surface area contributed by atoms with Crippen LogP contribution < -0.4 is 37.2 Å². The Bertz CT molecular complexity index is 37.5. The topological polar surface area (TPSA) is 17.1 Å². The van der Waals surface area contributed by atoms with E-state index in [0.29, 0.717) is 0 Å². The summed E-state index contributed by atoms with van der Waals surface area (Å²) < 4.78 is 0. The maximum atomic E-state index is 9.44. The molecule has 0 rings (SSSR count). The molecular formula is C3H6AlCl3O. The van der Waals surface area contributed by atoms with E-state index < -0.39 is 0 Å². The molecule has 0 fully saturated rings. The number of carbonyl (C=O) groups is 1. The Labute approximate surface area is 79.0 Å². The summed E-state index contributed by atoms with van der Waals surface area (Å²) in [4.78, 5) is 9.44. The van der Waals surface area contributed by atoms with Crippen molar-refractivity contribution < 1.29 is 42.0 Å². The van der Waals surface area contributed by atoms with Gasteiger partial charge in [0.1, 0.15) is 5.78 Å². The summed E-state index contributed by atoms with van der Waals surface area (Å²) in [6, 6.07) is 0. The van der Waals surface area contributed by atoms with Gasteiger partial charge < -0.3 is 42.0 Å². The van der Waals surface area contributed by atoms with Crippen molar-refractivity contribution in [2.45, 2.75) is 13.8 Å². The van der Waals surface area contributed by atoms with Crippen LogP contribution in [0.3, 0.4) is 0 Å². The first kappa shape index (κ1) is 35.6. The second kappa shape index (κ2) is 24.3. The summed E-state index contributed by atoms with van der Waals surface area (Å²) >= 11 is 0. The van der Waals surface area contributed by atoms with E-state index in [1.165, 1.54) is 13.8 Å². The molecule has 5 heteroatoms. The molecule has 0 atom stereocenters. The van der Waals surface area contributed by atoms with Gasteiger partial charge in [-0.3, -0.25) is 0 Å². The normalized spacial score (nSPS) is 3.25. The molecule has 0 amide bonds. The Morgan fingerprint density at radius 1 is 1.00 bits per heavy atom. The van der Waals surface area contributed by atoms with E-state index in [1.807, 2.05) is 0 Å². The molecule has 0 aliphatic carbocycles. The van der Waals surface area contributed by atoms with Crippen LogP contribution in [-0.2, 0) is 4.79 Å². The summed E-state index contributed by atoms with van der Waals surface area (Å²) in [5, 5.41) is 0. The summed E-state index contributed by atoms with van der Waals surface area (Å²) in [6.45, 7) is 3.06. The summed E-state index contributed by atoms with van der Waals surface area (Å²) in [7, 11) is 0. The molecule has 48 valence electrons. The number of hydrogen-bond donors (Lipinski definition) is 0. The van der Waals surface area contributed by atoms with Gasteiger partial charge in [0.25, 0.3) is 0 Å². The molecule has 0 aromatic carbocycles. The zero-order valence-corrected chi connectivity index (χ0v) is 8.04. The van der Waals surface area contributed by atoms with Crippen molar-refractivity contribution in [3.63, 3.8) is 0 Å². The number of Topliss-reactive ketones (excluding diaryl/α,β-unsaturated/α-hetero) is 1. The molecule has 0 saturated carbocycles. The zero-order chi connectivity index (χ0) is 3.58. The van der Waals surface area contributed by atoms with Gasteiger partial charge in [-0.15, -0.1) is 0 Å². The first-order valence-corrected chi connectivity index (χ1v) is 1.20. The van der Waals surface area contributed by atoms with E-state index in [0.717, 1.165) is 0 Å². The Kier molecular flexibility index (Phi) is 108. The minimum Gasteiger partial charge on any atom is -1.00 e. The molecule has 0 spiro atoms. The van der Waals surface area contributed by atoms with Gasteiger partial charge in [0, 0.05) is 0 Å². The second-order valence-corrected chi connectivity index (χ2v) is 0.908. The Hall–Kier alpha value is 1.07. The van der Waals surface area contributed by atoms with Crippen molar-refractivity contribution >= 4 is 23.1 Å². The molecule has 0 aromatic rings. The van der Waals surface area contributed by atoms with Gasteiger partial charge in [-0.25, -0.2) is 0 Å². The summed E-state index contributed by atoms with van der Waals surface area (Å²) in [5.74, 6) is 0.167. The van der Waals surface area contributed by atoms with Crippen LogP contribution in [0.1, 0.15) is 13.8 Å². The largest absolute Gasteiger partial charge is 3.00 e. The number of carbonyl (C=O) groups excluding carboxylic acids is 1. The van der Waals surface area contributed by atoms with E-state index in [9.17, 15) is 4.79 Å². The first-order valence-electron chi connectivity index (χ1n) is 1.20. The average Bonchev–Trinajstić information content (AvgIpc) is 0.811. The van der Waals surface area contributed by atoms with Gasteiger partial charge >= 0.3 is 17.4 Å². The third kappa shape index (κ3) is 227. The van der Waals surface area contributed by atoms with E-state index in [4.69, 9.17) is 0 Å². The maximum absolute atomic E-state index is 9.44. The fourth-order valence-electron chi connectivity index (χ4n) is 0. The number of halogens is 3. The Morgan fingerprint density at radius 3 is 1.00 bits per heavy atom. The molecule has 0 aliphatic heterocycles. The fraction of sp³-hybridized carbons (Fsp3) is 0.667. The van der Waals surface area contributed by atoms with Crippen molar-refractivity contribution in [3.8, 4) is 0 Å². The summed E-state index contributed by atoms with van der Waals surface area (Å²) in [5.41, 5.74) is 0. The van der Waals surface area contributed by atoms with Crippen LogP contribution in [0, 0.1) is 0 Å². The quantitative estimate of drug-likeness (QED) is 0.348. The molecule has 1 nitrogen and oxygen atoms in total. The van der Waals surface area contributed by atoms with Gasteiger partial charge in [-0.05, 0) is 13.8 Å². The van der Waals surface area contributed by atoms with Crippen molar-refractivity contribution in [1.29, 1.82) is 0 Å². The minimum absolute atomic E-state index is 0. The van der Waals surface area contributed by atoms with Gasteiger partial charge in [0.15, 0.2) is 0 Å². The van der Waals surface area contributed by atoms with Crippen molar-refractivity contribution in [2.24, 2.45) is 0 Å². The van der Waals surface area contributed by atoms with Crippen LogP contribution >= 0.6 is 0 Å². The van der Waals surface area contributed by atoms with Crippen LogP contribution in [0.25, 0.3) is 0 Å². The van der Waals surface area contributed by atoms with Crippen LogP contribution in [0.4, 0.5) is 0 Å². The summed E-state index contributed by atoms with van der Waals surface area (Å²) in [6.07, 6.45) is 0. The van der Waals surface area contributed by atoms with Crippen molar-refractivity contribution in [3.05, 3.63) is 0 Å². The zero-order valence-electron chi connectivity index (χ0n) is 4.62. The predicted molar refractivity (Wildman–Crippen MR) is 22.1 cm³/mol. The third-order valence-corrected chi connectivity index (χ3v) is 0. The smallest absolute Gasteiger partial charge is 1.00 e. The van der Waals surface area contributed by atoms with Crippen LogP contribution in [0.15, 0.2) is 0 Å². The van der Waals surface area contributed by atoms with E-state index in [1.54, 1.807) is 0 Å². The molecule has 0 radical (unpaired) electrons. The molecule has 0 saturated heterocycles. The maximum Gasteiger partial charge on any atom is 3.00 e. The number of hydrogen-bond acceptors (Lipinski definition) is 1. The predicted octanol–water partition coefficient (Wildman–Crippen LogP) is -8.77. The SMILES string of the molecule is CC(C)=O.[Al+3].[Cl-].[Cl-].[Cl-]. The van der Waals surface area contributed by atoms with Crippen LogP contribution in [0.2, 0.25) is 0 Å². The van der Waals surface area contributed by atoms with Crippen LogP contribution in [0.5, 0.6) is 0 Å². The van der Waals surface area contributed by atoms with E-state index in [-0.39, 0.29) is 60.4 Å². The van der Waals surface area contributed by atoms with Crippen LogP contribution in [-0.4, -0.2) is 23.1 Å². The van der Waals surface area contributed by atoms with Gasteiger partial charge in [0.2, 0.25) is 0 Å². The molecular weight excluding hydrogens is 185 g/mol. The third-order valence-electron chi connectivity index (χ3n) is 0. The standard InChI is InChI=1S/C3H6O.Al.3ClH/c1-3(2)4;;;;/h1-2H3;;3*1H/q;+3;;;/p-3. The number of rotatable bonds is 0. The molecule has 8 heavy (non-hydrogen) atoms. The van der Waals surface area contributed by atoms with Crippen molar-refractivity contribution in [2.75, 3.05) is 0 Å². The molecule has 0 aromatic heterocycles. The Morgan fingerprint density at radius 2 is 1.00 bits per heavy atom. The fourth-order valence-corrected chi connectivity index (χ4v) is 0. The minimum atomic E-state index is 0. The van der Waals surface area contributed by atoms with Gasteiger partial charge in [0.05, 0.1) is 0 Å².